The van der Waals surface area contributed by atoms with Crippen molar-refractivity contribution < 1.29 is 4.42 Å². The molecule has 0 aliphatic carbocycles. The summed E-state index contributed by atoms with van der Waals surface area (Å²) in [7, 11) is 0. The van der Waals surface area contributed by atoms with Gasteiger partial charge in [-0.3, -0.25) is 0 Å². The molecule has 0 saturated carbocycles. The zero-order chi connectivity index (χ0) is 9.52. The van der Waals surface area contributed by atoms with Crippen molar-refractivity contribution in [1.29, 1.82) is 0 Å². The maximum Gasteiger partial charge on any atom is 0.180 e. The summed E-state index contributed by atoms with van der Waals surface area (Å²) < 4.78 is 5.13. The molecule has 0 radical (unpaired) electrons. The smallest absolute Gasteiger partial charge is 0.180 e. The first kappa shape index (κ1) is 10.6. The summed E-state index contributed by atoms with van der Waals surface area (Å²) in [6.07, 6.45) is 6.49. The molecule has 13 heavy (non-hydrogen) atoms. The van der Waals surface area contributed by atoms with E-state index in [1.807, 2.05) is 11.8 Å². The highest BCUT2D eigenvalue weighted by Gasteiger charge is 2.05. The highest BCUT2D eigenvalue weighted by Crippen LogP contribution is 2.03. The molecule has 0 amide bonds. The number of aromatic nitrogens is 1. The van der Waals surface area contributed by atoms with E-state index in [1.54, 1.807) is 6.20 Å². The Hall–Kier alpha value is -0.480. The summed E-state index contributed by atoms with van der Waals surface area (Å²) in [4.78, 5) is 3.86. The van der Waals surface area contributed by atoms with E-state index in [4.69, 9.17) is 4.42 Å². The normalized spacial score (nSPS) is 13.1. The fourth-order valence-corrected chi connectivity index (χ4v) is 1.85. The lowest BCUT2D eigenvalue weighted by atomic mass is 10.2. The van der Waals surface area contributed by atoms with E-state index in [1.165, 1.54) is 6.39 Å². The molecule has 0 aromatic carbocycles. The predicted molar refractivity (Wildman–Crippen MR) is 55.8 cm³/mol. The van der Waals surface area contributed by atoms with Gasteiger partial charge < -0.3 is 9.73 Å². The second-order valence-electron chi connectivity index (χ2n) is 2.91. The van der Waals surface area contributed by atoms with Gasteiger partial charge in [0.1, 0.15) is 5.76 Å². The third-order valence-electron chi connectivity index (χ3n) is 1.91. The van der Waals surface area contributed by atoms with Crippen molar-refractivity contribution in [3.63, 3.8) is 0 Å². The molecule has 4 heteroatoms. The monoisotopic (exact) mass is 200 g/mol. The number of hydrogen-bond donors (Lipinski definition) is 1. The van der Waals surface area contributed by atoms with Gasteiger partial charge in [-0.05, 0) is 12.7 Å². The molecule has 1 unspecified atom stereocenters. The molecule has 1 heterocycles. The quantitative estimate of drug-likeness (QED) is 0.761. The van der Waals surface area contributed by atoms with Crippen LogP contribution in [0.25, 0.3) is 0 Å². The van der Waals surface area contributed by atoms with Gasteiger partial charge in [-0.25, -0.2) is 4.98 Å². The largest absolute Gasteiger partial charge is 0.447 e. The maximum atomic E-state index is 5.13. The van der Waals surface area contributed by atoms with E-state index in [2.05, 4.69) is 23.5 Å². The summed E-state index contributed by atoms with van der Waals surface area (Å²) in [6, 6.07) is 0.570. The number of oxazole rings is 1. The minimum Gasteiger partial charge on any atom is -0.447 e. The lowest BCUT2D eigenvalue weighted by Crippen LogP contribution is -2.29. The fourth-order valence-electron chi connectivity index (χ4n) is 1.10. The molecular weight excluding hydrogens is 184 g/mol. The first-order valence-corrected chi connectivity index (χ1v) is 5.86. The molecule has 0 spiro atoms. The van der Waals surface area contributed by atoms with Crippen molar-refractivity contribution in [3.05, 3.63) is 18.4 Å². The van der Waals surface area contributed by atoms with Crippen molar-refractivity contribution in [1.82, 2.24) is 10.3 Å². The molecule has 0 fully saturated rings. The van der Waals surface area contributed by atoms with Crippen molar-refractivity contribution in [2.24, 2.45) is 0 Å². The van der Waals surface area contributed by atoms with E-state index in [0.29, 0.717) is 6.04 Å². The van der Waals surface area contributed by atoms with Gasteiger partial charge in [-0.2, -0.15) is 11.8 Å². The first-order chi connectivity index (χ1) is 6.36. The summed E-state index contributed by atoms with van der Waals surface area (Å²) in [5, 5.41) is 3.42. The van der Waals surface area contributed by atoms with Gasteiger partial charge in [0.2, 0.25) is 0 Å². The maximum absolute atomic E-state index is 5.13. The topological polar surface area (TPSA) is 38.1 Å². The van der Waals surface area contributed by atoms with Crippen LogP contribution in [0.15, 0.2) is 17.0 Å². The average Bonchev–Trinajstić information content (AvgIpc) is 2.64. The van der Waals surface area contributed by atoms with Crippen LogP contribution in [0.1, 0.15) is 19.1 Å². The van der Waals surface area contributed by atoms with Crippen LogP contribution in [-0.4, -0.2) is 23.0 Å². The molecule has 74 valence electrons. The van der Waals surface area contributed by atoms with Crippen LogP contribution >= 0.6 is 11.8 Å². The Labute approximate surface area is 83.3 Å². The third kappa shape index (κ3) is 3.83. The highest BCUT2D eigenvalue weighted by molar-refractivity contribution is 7.98. The van der Waals surface area contributed by atoms with Crippen molar-refractivity contribution in [2.75, 3.05) is 12.0 Å². The standard InChI is InChI=1S/C9H16N2OS/c1-3-8(6-13-2)11-5-9-4-10-7-12-9/h4,7-8,11H,3,5-6H2,1-2H3. The summed E-state index contributed by atoms with van der Waals surface area (Å²) in [5.74, 6) is 2.05. The second-order valence-corrected chi connectivity index (χ2v) is 3.82. The Morgan fingerprint density at radius 2 is 2.54 bits per heavy atom. The van der Waals surface area contributed by atoms with E-state index in [0.717, 1.165) is 24.5 Å². The van der Waals surface area contributed by atoms with Crippen molar-refractivity contribution >= 4 is 11.8 Å². The van der Waals surface area contributed by atoms with Gasteiger partial charge in [0.05, 0.1) is 12.7 Å². The van der Waals surface area contributed by atoms with Crippen LogP contribution < -0.4 is 5.32 Å². The Morgan fingerprint density at radius 1 is 1.69 bits per heavy atom. The molecule has 1 aromatic rings. The zero-order valence-electron chi connectivity index (χ0n) is 8.12. The highest BCUT2D eigenvalue weighted by atomic mass is 32.2. The van der Waals surface area contributed by atoms with E-state index >= 15 is 0 Å². The van der Waals surface area contributed by atoms with E-state index < -0.39 is 0 Å². The van der Waals surface area contributed by atoms with Crippen molar-refractivity contribution in [2.45, 2.75) is 25.9 Å². The minimum atomic E-state index is 0.570. The molecule has 0 saturated heterocycles. The molecule has 1 N–H and O–H groups in total. The van der Waals surface area contributed by atoms with Crippen LogP contribution in [0.2, 0.25) is 0 Å². The average molecular weight is 200 g/mol. The van der Waals surface area contributed by atoms with Gasteiger partial charge >= 0.3 is 0 Å². The predicted octanol–water partition coefficient (Wildman–Crippen LogP) is 1.91. The lowest BCUT2D eigenvalue weighted by molar-refractivity contribution is 0.450. The molecule has 0 aliphatic heterocycles. The van der Waals surface area contributed by atoms with Gasteiger partial charge in [0.25, 0.3) is 0 Å². The number of nitrogens with zero attached hydrogens (tertiary/aromatic N) is 1. The molecular formula is C9H16N2OS. The van der Waals surface area contributed by atoms with Crippen LogP contribution in [0, 0.1) is 0 Å². The van der Waals surface area contributed by atoms with E-state index in [9.17, 15) is 0 Å². The number of thioether (sulfide) groups is 1. The van der Waals surface area contributed by atoms with Crippen LogP contribution in [0.5, 0.6) is 0 Å². The Morgan fingerprint density at radius 3 is 3.08 bits per heavy atom. The Balaban J connectivity index is 2.23. The Kier molecular flexibility index (Phi) is 4.93. The second kappa shape index (κ2) is 6.05. The molecule has 0 bridgehead atoms. The number of rotatable bonds is 6. The van der Waals surface area contributed by atoms with Gasteiger partial charge in [-0.15, -0.1) is 0 Å². The van der Waals surface area contributed by atoms with E-state index in [-0.39, 0.29) is 0 Å². The lowest BCUT2D eigenvalue weighted by Gasteiger charge is -2.13. The van der Waals surface area contributed by atoms with Crippen molar-refractivity contribution in [3.8, 4) is 0 Å². The van der Waals surface area contributed by atoms with Gasteiger partial charge in [0, 0.05) is 11.8 Å². The Bertz CT molecular complexity index is 213. The van der Waals surface area contributed by atoms with Crippen LogP contribution in [0.3, 0.4) is 0 Å². The fraction of sp³-hybridized carbons (Fsp3) is 0.667. The summed E-state index contributed by atoms with van der Waals surface area (Å²) in [5.41, 5.74) is 0. The van der Waals surface area contributed by atoms with Gasteiger partial charge in [0.15, 0.2) is 6.39 Å². The summed E-state index contributed by atoms with van der Waals surface area (Å²) in [6.45, 7) is 2.97. The molecule has 1 aromatic heterocycles. The number of hydrogen-bond acceptors (Lipinski definition) is 4. The first-order valence-electron chi connectivity index (χ1n) is 4.46. The third-order valence-corrected chi connectivity index (χ3v) is 2.64. The minimum absolute atomic E-state index is 0.570. The molecule has 1 atom stereocenters. The zero-order valence-corrected chi connectivity index (χ0v) is 8.93. The van der Waals surface area contributed by atoms with Gasteiger partial charge in [-0.1, -0.05) is 6.92 Å². The SMILES string of the molecule is CCC(CSC)NCc1cnco1. The molecule has 1 rings (SSSR count). The summed E-state index contributed by atoms with van der Waals surface area (Å²) >= 11 is 1.86. The van der Waals surface area contributed by atoms with Crippen LogP contribution in [0.4, 0.5) is 0 Å². The molecule has 0 aliphatic rings. The number of nitrogens with one attached hydrogen (secondary N) is 1. The van der Waals surface area contributed by atoms with Crippen LogP contribution in [-0.2, 0) is 6.54 Å². The molecule has 3 nitrogen and oxygen atoms in total.